The standard InChI is InChI=1S/C15H15NO3/c1-19-15-10-16-12(9-14(15)18)7-8-13(17)11-5-3-2-4-6-11/h2-10,13,17H,1H3,(H,16,18)/b8-7+. The molecule has 0 aliphatic rings. The molecule has 0 aliphatic heterocycles. The van der Waals surface area contributed by atoms with Crippen LogP contribution < -0.4 is 10.2 Å². The van der Waals surface area contributed by atoms with Gasteiger partial charge in [-0.3, -0.25) is 4.79 Å². The summed E-state index contributed by atoms with van der Waals surface area (Å²) in [7, 11) is 1.44. The Morgan fingerprint density at radius 2 is 2.05 bits per heavy atom. The Kier molecular flexibility index (Phi) is 4.15. The van der Waals surface area contributed by atoms with Gasteiger partial charge in [-0.2, -0.15) is 0 Å². The molecule has 0 fully saturated rings. The molecule has 4 heteroatoms. The fourth-order valence-corrected chi connectivity index (χ4v) is 1.69. The lowest BCUT2D eigenvalue weighted by Crippen LogP contribution is -2.05. The first kappa shape index (κ1) is 13.1. The number of rotatable bonds is 4. The topological polar surface area (TPSA) is 62.3 Å². The average molecular weight is 257 g/mol. The van der Waals surface area contributed by atoms with Gasteiger partial charge in [0.15, 0.2) is 5.75 Å². The van der Waals surface area contributed by atoms with Crippen molar-refractivity contribution in [1.29, 1.82) is 0 Å². The SMILES string of the molecule is COc1c[nH]c(/C=C/C(O)c2ccccc2)cc1=O. The lowest BCUT2D eigenvalue weighted by molar-refractivity contribution is 0.229. The van der Waals surface area contributed by atoms with Gasteiger partial charge in [-0.15, -0.1) is 0 Å². The molecule has 0 amide bonds. The van der Waals surface area contributed by atoms with Crippen LogP contribution in [0.5, 0.6) is 5.75 Å². The van der Waals surface area contributed by atoms with E-state index in [1.165, 1.54) is 19.4 Å². The fourth-order valence-electron chi connectivity index (χ4n) is 1.69. The molecule has 1 aromatic heterocycles. The first-order chi connectivity index (χ1) is 9.20. The van der Waals surface area contributed by atoms with E-state index >= 15 is 0 Å². The predicted molar refractivity (Wildman–Crippen MR) is 74.1 cm³/mol. The monoisotopic (exact) mass is 257 g/mol. The van der Waals surface area contributed by atoms with Crippen LogP contribution in [0.15, 0.2) is 53.5 Å². The van der Waals surface area contributed by atoms with Gasteiger partial charge in [0.05, 0.1) is 13.2 Å². The number of aromatic amines is 1. The number of ether oxygens (including phenoxy) is 1. The third-order valence-corrected chi connectivity index (χ3v) is 2.72. The molecule has 0 spiro atoms. The van der Waals surface area contributed by atoms with Crippen LogP contribution in [-0.2, 0) is 0 Å². The average Bonchev–Trinajstić information content (AvgIpc) is 2.46. The second-order valence-corrected chi connectivity index (χ2v) is 4.04. The summed E-state index contributed by atoms with van der Waals surface area (Å²) in [4.78, 5) is 14.5. The number of nitrogens with one attached hydrogen (secondary N) is 1. The van der Waals surface area contributed by atoms with Crippen molar-refractivity contribution < 1.29 is 9.84 Å². The number of pyridine rings is 1. The molecule has 0 saturated heterocycles. The van der Waals surface area contributed by atoms with Gasteiger partial charge in [0.1, 0.15) is 0 Å². The Labute approximate surface area is 111 Å². The molecule has 19 heavy (non-hydrogen) atoms. The Bertz CT molecular complexity index is 617. The summed E-state index contributed by atoms with van der Waals surface area (Å²) in [5.74, 6) is 0.265. The zero-order chi connectivity index (χ0) is 13.7. The van der Waals surface area contributed by atoms with Gasteiger partial charge in [0.2, 0.25) is 5.43 Å². The van der Waals surface area contributed by atoms with Crippen molar-refractivity contribution in [3.63, 3.8) is 0 Å². The molecule has 1 atom stereocenters. The highest BCUT2D eigenvalue weighted by Gasteiger charge is 2.02. The Morgan fingerprint density at radius 1 is 1.32 bits per heavy atom. The number of benzene rings is 1. The lowest BCUT2D eigenvalue weighted by Gasteiger charge is -2.05. The normalized spacial score (nSPS) is 12.5. The Hall–Kier alpha value is -2.33. The largest absolute Gasteiger partial charge is 0.491 e. The van der Waals surface area contributed by atoms with E-state index in [0.29, 0.717) is 5.69 Å². The van der Waals surface area contributed by atoms with Crippen LogP contribution in [0.2, 0.25) is 0 Å². The Morgan fingerprint density at radius 3 is 2.68 bits per heavy atom. The van der Waals surface area contributed by atoms with E-state index in [1.54, 1.807) is 12.2 Å². The van der Waals surface area contributed by atoms with Crippen molar-refractivity contribution in [3.8, 4) is 5.75 Å². The summed E-state index contributed by atoms with van der Waals surface area (Å²) in [6, 6.07) is 10.7. The van der Waals surface area contributed by atoms with Crippen LogP contribution in [-0.4, -0.2) is 17.2 Å². The molecule has 1 heterocycles. The van der Waals surface area contributed by atoms with Crippen LogP contribution in [0.3, 0.4) is 0 Å². The van der Waals surface area contributed by atoms with Crippen LogP contribution in [0.25, 0.3) is 6.08 Å². The van der Waals surface area contributed by atoms with Crippen molar-refractivity contribution in [3.05, 3.63) is 70.2 Å². The molecule has 2 aromatic rings. The van der Waals surface area contributed by atoms with Crippen molar-refractivity contribution >= 4 is 6.08 Å². The van der Waals surface area contributed by atoms with Crippen molar-refractivity contribution in [1.82, 2.24) is 4.98 Å². The van der Waals surface area contributed by atoms with E-state index in [1.807, 2.05) is 30.3 Å². The van der Waals surface area contributed by atoms with E-state index < -0.39 is 6.10 Å². The number of aromatic nitrogens is 1. The first-order valence-corrected chi connectivity index (χ1v) is 5.88. The van der Waals surface area contributed by atoms with E-state index in [9.17, 15) is 9.90 Å². The zero-order valence-electron chi connectivity index (χ0n) is 10.5. The van der Waals surface area contributed by atoms with Crippen LogP contribution in [0, 0.1) is 0 Å². The van der Waals surface area contributed by atoms with Gasteiger partial charge in [0.25, 0.3) is 0 Å². The van der Waals surface area contributed by atoms with E-state index in [4.69, 9.17) is 4.74 Å². The summed E-state index contributed by atoms with van der Waals surface area (Å²) < 4.78 is 4.88. The minimum absolute atomic E-state index is 0.199. The maximum Gasteiger partial charge on any atom is 0.223 e. The summed E-state index contributed by atoms with van der Waals surface area (Å²) in [6.07, 6.45) is 4.08. The van der Waals surface area contributed by atoms with Gasteiger partial charge in [0, 0.05) is 18.0 Å². The van der Waals surface area contributed by atoms with Gasteiger partial charge in [-0.25, -0.2) is 0 Å². The molecule has 2 N–H and O–H groups in total. The fraction of sp³-hybridized carbons (Fsp3) is 0.133. The number of aliphatic hydroxyl groups excluding tert-OH is 1. The molecule has 2 rings (SSSR count). The van der Waals surface area contributed by atoms with Gasteiger partial charge in [-0.05, 0) is 17.7 Å². The van der Waals surface area contributed by atoms with Gasteiger partial charge in [-0.1, -0.05) is 30.3 Å². The number of hydrogen-bond acceptors (Lipinski definition) is 3. The minimum Gasteiger partial charge on any atom is -0.491 e. The molecule has 1 unspecified atom stereocenters. The predicted octanol–water partition coefficient (Wildman–Crippen LogP) is 2.13. The molecule has 0 radical (unpaired) electrons. The molecular weight excluding hydrogens is 242 g/mol. The van der Waals surface area contributed by atoms with Gasteiger partial charge < -0.3 is 14.8 Å². The molecular formula is C15H15NO3. The van der Waals surface area contributed by atoms with E-state index in [2.05, 4.69) is 4.98 Å². The maximum absolute atomic E-state index is 11.5. The summed E-state index contributed by atoms with van der Waals surface area (Å²) >= 11 is 0. The number of H-pyrrole nitrogens is 1. The second-order valence-electron chi connectivity index (χ2n) is 4.04. The summed E-state index contributed by atoms with van der Waals surface area (Å²) in [5.41, 5.74) is 1.21. The molecule has 4 nitrogen and oxygen atoms in total. The highest BCUT2D eigenvalue weighted by atomic mass is 16.5. The van der Waals surface area contributed by atoms with Crippen molar-refractivity contribution in [2.45, 2.75) is 6.10 Å². The quantitative estimate of drug-likeness (QED) is 0.882. The van der Waals surface area contributed by atoms with Crippen LogP contribution >= 0.6 is 0 Å². The van der Waals surface area contributed by atoms with E-state index in [-0.39, 0.29) is 11.2 Å². The third-order valence-electron chi connectivity index (χ3n) is 2.72. The summed E-state index contributed by atoms with van der Waals surface area (Å²) in [5, 5.41) is 9.95. The first-order valence-electron chi connectivity index (χ1n) is 5.88. The summed E-state index contributed by atoms with van der Waals surface area (Å²) in [6.45, 7) is 0. The highest BCUT2D eigenvalue weighted by Crippen LogP contribution is 2.14. The zero-order valence-corrected chi connectivity index (χ0v) is 10.5. The third kappa shape index (κ3) is 3.33. The highest BCUT2D eigenvalue weighted by molar-refractivity contribution is 5.46. The minimum atomic E-state index is -0.702. The van der Waals surface area contributed by atoms with Crippen LogP contribution in [0.1, 0.15) is 17.4 Å². The van der Waals surface area contributed by atoms with Crippen LogP contribution in [0.4, 0.5) is 0 Å². The molecule has 0 aliphatic carbocycles. The number of aliphatic hydroxyl groups is 1. The van der Waals surface area contributed by atoms with Crippen molar-refractivity contribution in [2.75, 3.05) is 7.11 Å². The molecule has 1 aromatic carbocycles. The number of hydrogen-bond donors (Lipinski definition) is 2. The van der Waals surface area contributed by atoms with Gasteiger partial charge >= 0.3 is 0 Å². The second kappa shape index (κ2) is 6.02. The molecule has 0 bridgehead atoms. The number of methoxy groups -OCH3 is 1. The molecule has 98 valence electrons. The van der Waals surface area contributed by atoms with E-state index in [0.717, 1.165) is 5.56 Å². The molecule has 0 saturated carbocycles. The maximum atomic E-state index is 11.5. The smallest absolute Gasteiger partial charge is 0.223 e. The Balaban J connectivity index is 2.15. The van der Waals surface area contributed by atoms with Crippen molar-refractivity contribution in [2.24, 2.45) is 0 Å². The lowest BCUT2D eigenvalue weighted by atomic mass is 10.1.